The van der Waals surface area contributed by atoms with Crippen LogP contribution in [0.15, 0.2) is 12.4 Å². The zero-order valence-electron chi connectivity index (χ0n) is 11.9. The van der Waals surface area contributed by atoms with Crippen LogP contribution in [0.2, 0.25) is 0 Å². The third kappa shape index (κ3) is 3.49. The number of aromatic nitrogens is 2. The first-order valence-corrected chi connectivity index (χ1v) is 6.48. The fourth-order valence-electron chi connectivity index (χ4n) is 2.00. The zero-order valence-corrected chi connectivity index (χ0v) is 11.9. The van der Waals surface area contributed by atoms with Crippen molar-refractivity contribution in [1.82, 2.24) is 14.7 Å². The molecule has 1 saturated heterocycles. The molecule has 1 amide bonds. The highest BCUT2D eigenvalue weighted by Crippen LogP contribution is 2.20. The Kier molecular flexibility index (Phi) is 3.69. The van der Waals surface area contributed by atoms with Crippen LogP contribution in [0.3, 0.4) is 0 Å². The molecule has 0 spiro atoms. The second-order valence-electron chi connectivity index (χ2n) is 6.01. The van der Waals surface area contributed by atoms with Crippen molar-refractivity contribution < 1.29 is 19.4 Å². The minimum absolute atomic E-state index is 0.174. The van der Waals surface area contributed by atoms with E-state index in [1.165, 1.54) is 12.4 Å². The molecule has 1 fully saturated rings. The van der Waals surface area contributed by atoms with Crippen LogP contribution >= 0.6 is 0 Å². The van der Waals surface area contributed by atoms with Crippen LogP contribution < -0.4 is 0 Å². The summed E-state index contributed by atoms with van der Waals surface area (Å²) in [6.07, 6.45) is 2.52. The maximum atomic E-state index is 11.7. The quantitative estimate of drug-likeness (QED) is 0.906. The highest BCUT2D eigenvalue weighted by molar-refractivity contribution is 5.86. The van der Waals surface area contributed by atoms with Gasteiger partial charge in [-0.15, -0.1) is 0 Å². The van der Waals surface area contributed by atoms with Gasteiger partial charge in [0.2, 0.25) is 0 Å². The van der Waals surface area contributed by atoms with E-state index in [2.05, 4.69) is 5.10 Å². The van der Waals surface area contributed by atoms with Crippen LogP contribution in [0.25, 0.3) is 0 Å². The largest absolute Gasteiger partial charge is 0.478 e. The summed E-state index contributed by atoms with van der Waals surface area (Å²) < 4.78 is 6.86. The minimum Gasteiger partial charge on any atom is -0.478 e. The van der Waals surface area contributed by atoms with Crippen LogP contribution in [-0.2, 0) is 11.3 Å². The maximum Gasteiger partial charge on any atom is 0.410 e. The van der Waals surface area contributed by atoms with E-state index in [4.69, 9.17) is 9.84 Å². The van der Waals surface area contributed by atoms with E-state index in [1.54, 1.807) is 9.58 Å². The molecular weight excluding hydrogens is 262 g/mol. The Morgan fingerprint density at radius 2 is 2.10 bits per heavy atom. The second-order valence-corrected chi connectivity index (χ2v) is 6.01. The van der Waals surface area contributed by atoms with Crippen LogP contribution in [0.5, 0.6) is 0 Å². The summed E-state index contributed by atoms with van der Waals surface area (Å²) >= 11 is 0. The number of hydrogen-bond donors (Lipinski definition) is 1. The highest BCUT2D eigenvalue weighted by atomic mass is 16.6. The van der Waals surface area contributed by atoms with Crippen LogP contribution in [-0.4, -0.2) is 50.5 Å². The fraction of sp³-hybridized carbons (Fsp3) is 0.615. The van der Waals surface area contributed by atoms with E-state index in [0.717, 1.165) is 0 Å². The van der Waals surface area contributed by atoms with Crippen LogP contribution in [0, 0.1) is 5.92 Å². The van der Waals surface area contributed by atoms with Crippen molar-refractivity contribution in [2.45, 2.75) is 32.9 Å². The lowest BCUT2D eigenvalue weighted by Crippen LogP contribution is -2.52. The average molecular weight is 281 g/mol. The second kappa shape index (κ2) is 5.15. The van der Waals surface area contributed by atoms with Gasteiger partial charge in [0.15, 0.2) is 0 Å². The van der Waals surface area contributed by atoms with Crippen molar-refractivity contribution >= 4 is 12.1 Å². The third-order valence-corrected chi connectivity index (χ3v) is 2.93. The van der Waals surface area contributed by atoms with Gasteiger partial charge in [-0.25, -0.2) is 9.59 Å². The maximum absolute atomic E-state index is 11.7. The summed E-state index contributed by atoms with van der Waals surface area (Å²) in [5, 5.41) is 12.8. The van der Waals surface area contributed by atoms with Crippen molar-refractivity contribution in [3.63, 3.8) is 0 Å². The van der Waals surface area contributed by atoms with Gasteiger partial charge < -0.3 is 14.7 Å². The molecule has 7 heteroatoms. The van der Waals surface area contributed by atoms with Crippen LogP contribution in [0.4, 0.5) is 4.79 Å². The van der Waals surface area contributed by atoms with Crippen LogP contribution in [0.1, 0.15) is 31.1 Å². The van der Waals surface area contributed by atoms with E-state index in [-0.39, 0.29) is 17.6 Å². The number of amides is 1. The Labute approximate surface area is 117 Å². The number of rotatable bonds is 3. The Morgan fingerprint density at radius 3 is 2.60 bits per heavy atom. The number of carbonyl (C=O) groups excluding carboxylic acids is 1. The third-order valence-electron chi connectivity index (χ3n) is 2.93. The molecule has 0 unspecified atom stereocenters. The first kappa shape index (κ1) is 14.4. The van der Waals surface area contributed by atoms with Crippen molar-refractivity contribution in [2.75, 3.05) is 13.1 Å². The Hall–Kier alpha value is -2.05. The SMILES string of the molecule is CC(C)(C)OC(=O)N1CC(Cn2cc(C(=O)O)cn2)C1. The summed E-state index contributed by atoms with van der Waals surface area (Å²) in [5.41, 5.74) is -0.311. The van der Waals surface area contributed by atoms with Gasteiger partial charge in [-0.05, 0) is 20.8 Å². The van der Waals surface area contributed by atoms with Crippen molar-refractivity contribution in [1.29, 1.82) is 0 Å². The van der Waals surface area contributed by atoms with Gasteiger partial charge >= 0.3 is 12.1 Å². The van der Waals surface area contributed by atoms with E-state index in [0.29, 0.717) is 19.6 Å². The molecule has 2 rings (SSSR count). The van der Waals surface area contributed by atoms with Gasteiger partial charge in [-0.1, -0.05) is 0 Å². The topological polar surface area (TPSA) is 84.7 Å². The molecule has 0 saturated carbocycles. The molecule has 1 N–H and O–H groups in total. The smallest absolute Gasteiger partial charge is 0.410 e. The molecule has 110 valence electrons. The normalized spacial score (nSPS) is 15.8. The first-order chi connectivity index (χ1) is 9.24. The monoisotopic (exact) mass is 281 g/mol. The number of carbonyl (C=O) groups is 2. The lowest BCUT2D eigenvalue weighted by molar-refractivity contribution is -0.00383. The number of carboxylic acid groups (broad SMARTS) is 1. The molecule has 0 bridgehead atoms. The van der Waals surface area contributed by atoms with E-state index in [1.807, 2.05) is 20.8 Å². The lowest BCUT2D eigenvalue weighted by Gasteiger charge is -2.39. The molecule has 1 aliphatic heterocycles. The summed E-state index contributed by atoms with van der Waals surface area (Å²) in [4.78, 5) is 24.1. The van der Waals surface area contributed by atoms with Gasteiger partial charge in [-0.2, -0.15) is 5.10 Å². The number of aromatic carboxylic acids is 1. The molecule has 0 radical (unpaired) electrons. The number of hydrogen-bond acceptors (Lipinski definition) is 4. The van der Waals surface area contributed by atoms with Crippen molar-refractivity contribution in [3.8, 4) is 0 Å². The molecule has 1 aromatic rings. The van der Waals surface area contributed by atoms with E-state index in [9.17, 15) is 9.59 Å². The Balaban J connectivity index is 1.79. The molecule has 0 aromatic carbocycles. The molecule has 20 heavy (non-hydrogen) atoms. The number of nitrogens with zero attached hydrogens (tertiary/aromatic N) is 3. The Morgan fingerprint density at radius 1 is 1.45 bits per heavy atom. The number of carboxylic acids is 1. The van der Waals surface area contributed by atoms with Crippen molar-refractivity contribution in [3.05, 3.63) is 18.0 Å². The summed E-state index contributed by atoms with van der Waals surface area (Å²) in [5.74, 6) is -0.704. The number of ether oxygens (including phenoxy) is 1. The van der Waals surface area contributed by atoms with Gasteiger partial charge in [0.05, 0.1) is 11.8 Å². The first-order valence-electron chi connectivity index (χ1n) is 6.48. The standard InChI is InChI=1S/C13H19N3O4/c1-13(2,3)20-12(19)15-5-9(6-15)7-16-8-10(4-14-16)11(17)18/h4,8-9H,5-7H2,1-3H3,(H,17,18). The van der Waals surface area contributed by atoms with Crippen molar-refractivity contribution in [2.24, 2.45) is 5.92 Å². The van der Waals surface area contributed by atoms with Gasteiger partial charge in [-0.3, -0.25) is 4.68 Å². The molecule has 1 aliphatic rings. The predicted molar refractivity (Wildman–Crippen MR) is 70.5 cm³/mol. The molecule has 2 heterocycles. The summed E-state index contributed by atoms with van der Waals surface area (Å²) in [6, 6.07) is 0. The molecule has 0 atom stereocenters. The predicted octanol–water partition coefficient (Wildman–Crippen LogP) is 1.45. The van der Waals surface area contributed by atoms with Gasteiger partial charge in [0, 0.05) is 31.7 Å². The average Bonchev–Trinajstić information content (AvgIpc) is 2.68. The Bertz CT molecular complexity index is 512. The minimum atomic E-state index is -0.986. The van der Waals surface area contributed by atoms with Gasteiger partial charge in [0.25, 0.3) is 0 Å². The molecule has 7 nitrogen and oxygen atoms in total. The lowest BCUT2D eigenvalue weighted by atomic mass is 10.0. The molecular formula is C13H19N3O4. The fourth-order valence-corrected chi connectivity index (χ4v) is 2.00. The van der Waals surface area contributed by atoms with Gasteiger partial charge in [0.1, 0.15) is 5.60 Å². The molecule has 0 aliphatic carbocycles. The summed E-state index contributed by atoms with van der Waals surface area (Å²) in [6.45, 7) is 7.32. The van der Waals surface area contributed by atoms with E-state index >= 15 is 0 Å². The zero-order chi connectivity index (χ0) is 14.9. The summed E-state index contributed by atoms with van der Waals surface area (Å²) in [7, 11) is 0. The molecule has 1 aromatic heterocycles. The highest BCUT2D eigenvalue weighted by Gasteiger charge is 2.33. The van der Waals surface area contributed by atoms with E-state index < -0.39 is 11.6 Å². The number of likely N-dealkylation sites (tertiary alicyclic amines) is 1.